The van der Waals surface area contributed by atoms with Crippen LogP contribution in [0.15, 0.2) is 296 Å². The second-order valence-corrected chi connectivity index (χ2v) is 23.8. The van der Waals surface area contributed by atoms with Crippen molar-refractivity contribution >= 4 is 94.4 Å². The van der Waals surface area contributed by atoms with Gasteiger partial charge in [-0.1, -0.05) is 218 Å². The summed E-state index contributed by atoms with van der Waals surface area (Å²) in [5.41, 5.74) is 15.7. The van der Waals surface area contributed by atoms with Crippen molar-refractivity contribution < 1.29 is 4.42 Å². The van der Waals surface area contributed by atoms with E-state index >= 15 is 0 Å². The quantitative estimate of drug-likeness (QED) is 0.104. The Morgan fingerprint density at radius 1 is 0.250 bits per heavy atom. The van der Waals surface area contributed by atoms with Gasteiger partial charge in [0.15, 0.2) is 8.07 Å². The maximum Gasteiger partial charge on any atom is 0.179 e. The predicted octanol–water partition coefficient (Wildman–Crippen LogP) is 16.2. The number of fused-ring (bicyclic) bond motifs is 9. The molecule has 0 unspecified atom stereocenters. The summed E-state index contributed by atoms with van der Waals surface area (Å²) in [5.74, 6) is 0. The maximum atomic E-state index is 6.52. The Bertz CT molecular complexity index is 4580. The second kappa shape index (κ2) is 17.7. The van der Waals surface area contributed by atoms with Gasteiger partial charge >= 0.3 is 0 Å². The van der Waals surface area contributed by atoms with Crippen LogP contribution in [-0.2, 0) is 0 Å². The van der Waals surface area contributed by atoms with Crippen molar-refractivity contribution in [3.8, 4) is 44.8 Å². The van der Waals surface area contributed by atoms with Crippen LogP contribution in [0.25, 0.3) is 110 Å². The summed E-state index contributed by atoms with van der Waals surface area (Å²) in [4.78, 5) is 0. The molecule has 0 bridgehead atoms. The van der Waals surface area contributed by atoms with Crippen molar-refractivity contribution in [3.63, 3.8) is 0 Å². The van der Waals surface area contributed by atoms with Crippen LogP contribution >= 0.6 is 0 Å². The number of rotatable bonds is 9. The fraction of sp³-hybridized carbons (Fsp3) is 0. The minimum absolute atomic E-state index is 0.884. The molecule has 3 aromatic heterocycles. The average Bonchev–Trinajstić information content (AvgIpc) is 4.18. The van der Waals surface area contributed by atoms with Gasteiger partial charge in [-0.2, -0.15) is 0 Å². The molecule has 0 saturated heterocycles. The molecular weight excluding hydrogens is 937 g/mol. The summed E-state index contributed by atoms with van der Waals surface area (Å²) >= 11 is 0. The third-order valence-electron chi connectivity index (χ3n) is 15.9. The zero-order valence-corrected chi connectivity index (χ0v) is 42.5. The van der Waals surface area contributed by atoms with Gasteiger partial charge in [-0.05, 0) is 127 Å². The molecular formula is C72H48N2OSi. The third kappa shape index (κ3) is 6.88. The molecule has 0 N–H and O–H groups in total. The molecule has 0 saturated carbocycles. The zero-order valence-electron chi connectivity index (χ0n) is 41.5. The fourth-order valence-electron chi connectivity index (χ4n) is 12.5. The molecule has 0 aliphatic carbocycles. The number of hydrogen-bond acceptors (Lipinski definition) is 1. The molecule has 3 nitrogen and oxygen atoms in total. The molecule has 0 fully saturated rings. The van der Waals surface area contributed by atoms with Crippen LogP contribution in [0.4, 0.5) is 0 Å². The van der Waals surface area contributed by atoms with Crippen molar-refractivity contribution in [3.05, 3.63) is 291 Å². The van der Waals surface area contributed by atoms with Gasteiger partial charge in [0.05, 0.1) is 22.1 Å². The molecule has 3 heterocycles. The van der Waals surface area contributed by atoms with Gasteiger partial charge in [0.2, 0.25) is 0 Å². The summed E-state index contributed by atoms with van der Waals surface area (Å²) in [7, 11) is -2.79. The lowest BCUT2D eigenvalue weighted by Gasteiger charge is -2.34. The zero-order chi connectivity index (χ0) is 50.2. The molecule has 0 amide bonds. The average molecular weight is 985 g/mol. The van der Waals surface area contributed by atoms with Gasteiger partial charge in [-0.3, -0.25) is 0 Å². The smallest absolute Gasteiger partial charge is 0.179 e. The summed E-state index contributed by atoms with van der Waals surface area (Å²) in [6.07, 6.45) is 0. The van der Waals surface area contributed by atoms with E-state index in [2.05, 4.69) is 300 Å². The molecule has 15 aromatic rings. The van der Waals surface area contributed by atoms with Crippen molar-refractivity contribution in [2.24, 2.45) is 0 Å². The Morgan fingerprint density at radius 3 is 1.39 bits per heavy atom. The predicted molar refractivity (Wildman–Crippen MR) is 322 cm³/mol. The van der Waals surface area contributed by atoms with E-state index in [1.807, 2.05) is 0 Å². The Hall–Kier alpha value is -9.74. The molecule has 15 rings (SSSR count). The molecule has 0 aliphatic rings. The topological polar surface area (TPSA) is 23.0 Å². The van der Waals surface area contributed by atoms with Gasteiger partial charge in [0, 0.05) is 43.7 Å². The van der Waals surface area contributed by atoms with Crippen molar-refractivity contribution in [2.45, 2.75) is 0 Å². The van der Waals surface area contributed by atoms with E-state index in [0.29, 0.717) is 0 Å². The number of furan rings is 1. The minimum Gasteiger partial charge on any atom is -0.456 e. The van der Waals surface area contributed by atoms with E-state index in [-0.39, 0.29) is 0 Å². The molecule has 356 valence electrons. The lowest BCUT2D eigenvalue weighted by atomic mass is 9.97. The molecule has 0 aliphatic heterocycles. The first kappa shape index (κ1) is 43.8. The van der Waals surface area contributed by atoms with Crippen LogP contribution < -0.4 is 20.7 Å². The van der Waals surface area contributed by atoms with Crippen LogP contribution in [0.1, 0.15) is 0 Å². The molecule has 4 heteroatoms. The molecule has 0 radical (unpaired) electrons. The lowest BCUT2D eigenvalue weighted by Crippen LogP contribution is -2.74. The molecule has 76 heavy (non-hydrogen) atoms. The van der Waals surface area contributed by atoms with E-state index < -0.39 is 8.07 Å². The van der Waals surface area contributed by atoms with Crippen molar-refractivity contribution in [1.29, 1.82) is 0 Å². The molecule has 0 spiro atoms. The number of hydrogen-bond donors (Lipinski definition) is 0. The van der Waals surface area contributed by atoms with Gasteiger partial charge in [-0.25, -0.2) is 0 Å². The number of aromatic nitrogens is 2. The third-order valence-corrected chi connectivity index (χ3v) is 20.6. The highest BCUT2D eigenvalue weighted by atomic mass is 28.3. The van der Waals surface area contributed by atoms with E-state index in [0.717, 1.165) is 55.5 Å². The fourth-order valence-corrected chi connectivity index (χ4v) is 17.2. The minimum atomic E-state index is -2.79. The number of para-hydroxylation sites is 1. The van der Waals surface area contributed by atoms with Crippen molar-refractivity contribution in [1.82, 2.24) is 9.13 Å². The number of nitrogens with zero attached hydrogens (tertiary/aromatic N) is 2. The monoisotopic (exact) mass is 984 g/mol. The van der Waals surface area contributed by atoms with Crippen molar-refractivity contribution in [2.75, 3.05) is 0 Å². The Balaban J connectivity index is 0.952. The van der Waals surface area contributed by atoms with Crippen LogP contribution in [-0.4, -0.2) is 17.2 Å². The Labute approximate surface area is 441 Å². The molecule has 12 aromatic carbocycles. The summed E-state index contributed by atoms with van der Waals surface area (Å²) in [5, 5.41) is 12.5. The standard InChI is InChI=1S/C72H48N2OSi/c1-6-20-49(21-7-1)51-24-18-25-54(44-51)73-67-40-36-52(53-37-43-70-65(46-53)72-60(33-19-35-71(72)75-70)50-22-8-2-9-23-50)45-62(67)63-47-55(38-41-68(63)73)74-66-34-17-16-32-61(66)64-48-59(39-42-69(64)74)76(56-26-10-3-11-27-56,57-28-12-4-13-29-57)58-30-14-5-15-31-58/h1-48H. The van der Waals surface area contributed by atoms with E-state index in [1.165, 1.54) is 75.6 Å². The largest absolute Gasteiger partial charge is 0.456 e. The van der Waals surface area contributed by atoms with E-state index in [4.69, 9.17) is 4.42 Å². The first-order chi connectivity index (χ1) is 37.7. The Kier molecular flexibility index (Phi) is 10.2. The normalized spacial score (nSPS) is 11.9. The second-order valence-electron chi connectivity index (χ2n) is 20.0. The van der Waals surface area contributed by atoms with E-state index in [1.54, 1.807) is 0 Å². The lowest BCUT2D eigenvalue weighted by molar-refractivity contribution is 0.669. The van der Waals surface area contributed by atoms with Gasteiger partial charge < -0.3 is 13.6 Å². The van der Waals surface area contributed by atoms with Crippen LogP contribution in [0.2, 0.25) is 0 Å². The van der Waals surface area contributed by atoms with Crippen LogP contribution in [0.3, 0.4) is 0 Å². The van der Waals surface area contributed by atoms with Gasteiger partial charge in [0.25, 0.3) is 0 Å². The summed E-state index contributed by atoms with van der Waals surface area (Å²) < 4.78 is 11.4. The highest BCUT2D eigenvalue weighted by Gasteiger charge is 2.41. The highest BCUT2D eigenvalue weighted by molar-refractivity contribution is 7.20. The highest BCUT2D eigenvalue weighted by Crippen LogP contribution is 2.42. The van der Waals surface area contributed by atoms with Gasteiger partial charge in [-0.15, -0.1) is 0 Å². The SMILES string of the molecule is c1ccc(-c2cccc(-n3c4ccc(-c5ccc6oc7cccc(-c8ccccc8)c7c6c5)cc4c4cc(-n5c6ccccc6c6cc([Si](c7ccccc7)(c7ccccc7)c7ccccc7)ccc65)ccc43)c2)cc1. The van der Waals surface area contributed by atoms with Crippen LogP contribution in [0, 0.1) is 0 Å². The summed E-state index contributed by atoms with van der Waals surface area (Å²) in [6, 6.07) is 107. The first-order valence-corrected chi connectivity index (χ1v) is 28.1. The molecule has 0 atom stereocenters. The maximum absolute atomic E-state index is 6.52. The summed E-state index contributed by atoms with van der Waals surface area (Å²) in [6.45, 7) is 0. The number of benzene rings is 12. The van der Waals surface area contributed by atoms with Crippen LogP contribution in [0.5, 0.6) is 0 Å². The Morgan fingerprint density at radius 2 is 0.724 bits per heavy atom. The van der Waals surface area contributed by atoms with Gasteiger partial charge in [0.1, 0.15) is 11.2 Å². The van der Waals surface area contributed by atoms with E-state index in [9.17, 15) is 0 Å². The first-order valence-electron chi connectivity index (χ1n) is 26.1.